The van der Waals surface area contributed by atoms with Gasteiger partial charge in [0.2, 0.25) is 0 Å². The third-order valence-electron chi connectivity index (χ3n) is 3.64. The van der Waals surface area contributed by atoms with Crippen LogP contribution in [0, 0.1) is 0 Å². The van der Waals surface area contributed by atoms with Crippen molar-refractivity contribution in [3.05, 3.63) is 53.6 Å². The molecule has 0 aromatic heterocycles. The summed E-state index contributed by atoms with van der Waals surface area (Å²) in [5.41, 5.74) is 5.11. The van der Waals surface area contributed by atoms with Gasteiger partial charge in [0.05, 0.1) is 0 Å². The van der Waals surface area contributed by atoms with Crippen LogP contribution in [0.2, 0.25) is 0 Å². The summed E-state index contributed by atoms with van der Waals surface area (Å²) in [6, 6.07) is 13.8. The molecule has 0 aliphatic carbocycles. The molecule has 3 heteroatoms. The number of hydrogen-bond donors (Lipinski definition) is 2. The number of phenolic OH excluding ortho intramolecular Hbond substituents is 1. The molecule has 2 N–H and O–H groups in total. The molecule has 1 aliphatic heterocycles. The van der Waals surface area contributed by atoms with Crippen molar-refractivity contribution < 1.29 is 5.11 Å². The Morgan fingerprint density at radius 1 is 1.16 bits per heavy atom. The molecule has 0 fully saturated rings. The molecule has 0 bridgehead atoms. The molecule has 3 nitrogen and oxygen atoms in total. The third kappa shape index (κ3) is 2.50. The molecular weight excluding hydrogens is 236 g/mol. The number of nitrogens with zero attached hydrogens (tertiary/aromatic N) is 1. The number of nitrogens with one attached hydrogen (secondary N) is 1. The normalized spacial score (nSPS) is 13.4. The molecule has 0 radical (unpaired) electrons. The van der Waals surface area contributed by atoms with Crippen LogP contribution in [0.5, 0.6) is 5.75 Å². The number of likely N-dealkylation sites (N-methyl/N-ethyl adjacent to an activating group) is 1. The fraction of sp³-hybridized carbons (Fsp3) is 0.250. The first-order valence-electron chi connectivity index (χ1n) is 6.58. The van der Waals surface area contributed by atoms with Gasteiger partial charge in [-0.1, -0.05) is 12.1 Å². The number of anilines is 2. The van der Waals surface area contributed by atoms with Gasteiger partial charge >= 0.3 is 0 Å². The fourth-order valence-corrected chi connectivity index (χ4v) is 2.51. The predicted molar refractivity (Wildman–Crippen MR) is 78.8 cm³/mol. The molecule has 0 spiro atoms. The summed E-state index contributed by atoms with van der Waals surface area (Å²) >= 11 is 0. The minimum absolute atomic E-state index is 0.297. The lowest BCUT2D eigenvalue weighted by molar-refractivity contribution is 0.475. The van der Waals surface area contributed by atoms with Gasteiger partial charge in [0, 0.05) is 31.5 Å². The topological polar surface area (TPSA) is 35.5 Å². The van der Waals surface area contributed by atoms with E-state index in [2.05, 4.69) is 35.5 Å². The highest BCUT2D eigenvalue weighted by Gasteiger charge is 2.15. The van der Waals surface area contributed by atoms with E-state index in [1.54, 1.807) is 12.1 Å². The Labute approximate surface area is 113 Å². The Hall–Kier alpha value is -2.16. The Morgan fingerprint density at radius 3 is 2.74 bits per heavy atom. The second-order valence-electron chi connectivity index (χ2n) is 5.04. The van der Waals surface area contributed by atoms with Crippen molar-refractivity contribution in [3.8, 4) is 5.75 Å². The second kappa shape index (κ2) is 4.84. The van der Waals surface area contributed by atoms with E-state index in [1.807, 2.05) is 12.1 Å². The van der Waals surface area contributed by atoms with E-state index in [0.717, 1.165) is 25.2 Å². The first-order valence-corrected chi connectivity index (χ1v) is 6.58. The fourth-order valence-electron chi connectivity index (χ4n) is 2.51. The number of hydrogen-bond acceptors (Lipinski definition) is 3. The van der Waals surface area contributed by atoms with Crippen molar-refractivity contribution in [1.82, 2.24) is 0 Å². The minimum Gasteiger partial charge on any atom is -0.508 e. The second-order valence-corrected chi connectivity index (χ2v) is 5.04. The van der Waals surface area contributed by atoms with E-state index >= 15 is 0 Å². The van der Waals surface area contributed by atoms with Crippen molar-refractivity contribution in [2.45, 2.75) is 13.0 Å². The van der Waals surface area contributed by atoms with Crippen LogP contribution in [0.15, 0.2) is 42.5 Å². The van der Waals surface area contributed by atoms with E-state index in [4.69, 9.17) is 0 Å². The number of fused-ring (bicyclic) bond motifs is 1. The van der Waals surface area contributed by atoms with Gasteiger partial charge in [0.15, 0.2) is 0 Å². The maximum absolute atomic E-state index is 9.24. The highest BCUT2D eigenvalue weighted by Crippen LogP contribution is 2.27. The molecule has 3 rings (SSSR count). The average Bonchev–Trinajstić information content (AvgIpc) is 2.79. The first-order chi connectivity index (χ1) is 9.22. The van der Waals surface area contributed by atoms with E-state index in [1.165, 1.54) is 16.8 Å². The lowest BCUT2D eigenvalue weighted by Crippen LogP contribution is -2.12. The van der Waals surface area contributed by atoms with E-state index < -0.39 is 0 Å². The molecule has 2 aromatic rings. The van der Waals surface area contributed by atoms with E-state index in [-0.39, 0.29) is 0 Å². The minimum atomic E-state index is 0.297. The maximum atomic E-state index is 9.24. The van der Waals surface area contributed by atoms with Crippen LogP contribution in [0.1, 0.15) is 11.1 Å². The van der Waals surface area contributed by atoms with Crippen LogP contribution < -0.4 is 10.2 Å². The van der Waals surface area contributed by atoms with Gasteiger partial charge in [-0.15, -0.1) is 0 Å². The van der Waals surface area contributed by atoms with Gasteiger partial charge in [-0.25, -0.2) is 0 Å². The van der Waals surface area contributed by atoms with E-state index in [0.29, 0.717) is 5.75 Å². The summed E-state index contributed by atoms with van der Waals surface area (Å²) in [5, 5.41) is 12.6. The SMILES string of the molecule is CN1CCc2cc(CNc3ccc(O)cc3)ccc21. The first kappa shape index (κ1) is 11.9. The maximum Gasteiger partial charge on any atom is 0.115 e. The third-order valence-corrected chi connectivity index (χ3v) is 3.64. The Morgan fingerprint density at radius 2 is 1.95 bits per heavy atom. The summed E-state index contributed by atoms with van der Waals surface area (Å²) in [4.78, 5) is 2.30. The molecule has 98 valence electrons. The zero-order chi connectivity index (χ0) is 13.2. The zero-order valence-corrected chi connectivity index (χ0v) is 11.1. The molecular formula is C16H18N2O. The number of phenols is 1. The van der Waals surface area contributed by atoms with Gasteiger partial charge in [-0.3, -0.25) is 0 Å². The van der Waals surface area contributed by atoms with Crippen molar-refractivity contribution >= 4 is 11.4 Å². The van der Waals surface area contributed by atoms with E-state index in [9.17, 15) is 5.11 Å². The number of benzene rings is 2. The Balaban J connectivity index is 1.69. The van der Waals surface area contributed by atoms with Gasteiger partial charge in [-0.05, 0) is 47.9 Å². The number of aromatic hydroxyl groups is 1. The van der Waals surface area contributed by atoms with Crippen molar-refractivity contribution in [2.75, 3.05) is 23.8 Å². The summed E-state index contributed by atoms with van der Waals surface area (Å²) in [7, 11) is 2.14. The molecule has 0 amide bonds. The number of rotatable bonds is 3. The van der Waals surface area contributed by atoms with Crippen LogP contribution >= 0.6 is 0 Å². The molecule has 2 aromatic carbocycles. The van der Waals surface area contributed by atoms with Crippen LogP contribution in [0.25, 0.3) is 0 Å². The van der Waals surface area contributed by atoms with Crippen molar-refractivity contribution in [2.24, 2.45) is 0 Å². The largest absolute Gasteiger partial charge is 0.508 e. The summed E-state index contributed by atoms with van der Waals surface area (Å²) < 4.78 is 0. The Bertz CT molecular complexity index is 578. The molecule has 1 aliphatic rings. The van der Waals surface area contributed by atoms with Gasteiger partial charge < -0.3 is 15.3 Å². The standard InChI is InChI=1S/C16H18N2O/c1-18-9-8-13-10-12(2-7-16(13)18)11-17-14-3-5-15(19)6-4-14/h2-7,10,17,19H,8-9,11H2,1H3. The predicted octanol–water partition coefficient (Wildman–Crippen LogP) is 3.00. The monoisotopic (exact) mass is 254 g/mol. The molecule has 1 heterocycles. The molecule has 0 saturated heterocycles. The Kier molecular flexibility index (Phi) is 3.03. The lowest BCUT2D eigenvalue weighted by atomic mass is 10.1. The van der Waals surface area contributed by atoms with Crippen molar-refractivity contribution in [1.29, 1.82) is 0 Å². The van der Waals surface area contributed by atoms with Crippen LogP contribution in [0.4, 0.5) is 11.4 Å². The van der Waals surface area contributed by atoms with Gasteiger partial charge in [-0.2, -0.15) is 0 Å². The average molecular weight is 254 g/mol. The van der Waals surface area contributed by atoms with Crippen LogP contribution in [-0.2, 0) is 13.0 Å². The molecule has 0 unspecified atom stereocenters. The quantitative estimate of drug-likeness (QED) is 0.827. The molecule has 0 atom stereocenters. The smallest absolute Gasteiger partial charge is 0.115 e. The summed E-state index contributed by atoms with van der Waals surface area (Å²) in [5.74, 6) is 0.297. The molecule has 19 heavy (non-hydrogen) atoms. The van der Waals surface area contributed by atoms with Gasteiger partial charge in [0.1, 0.15) is 5.75 Å². The van der Waals surface area contributed by atoms with Gasteiger partial charge in [0.25, 0.3) is 0 Å². The van der Waals surface area contributed by atoms with Crippen LogP contribution in [0.3, 0.4) is 0 Å². The summed E-state index contributed by atoms with van der Waals surface area (Å²) in [6.07, 6.45) is 1.14. The highest BCUT2D eigenvalue weighted by molar-refractivity contribution is 5.58. The lowest BCUT2D eigenvalue weighted by Gasteiger charge is -2.12. The summed E-state index contributed by atoms with van der Waals surface area (Å²) in [6.45, 7) is 1.92. The molecule has 0 saturated carbocycles. The van der Waals surface area contributed by atoms with Crippen LogP contribution in [-0.4, -0.2) is 18.7 Å². The zero-order valence-electron chi connectivity index (χ0n) is 11.1. The van der Waals surface area contributed by atoms with Crippen molar-refractivity contribution in [3.63, 3.8) is 0 Å². The highest BCUT2D eigenvalue weighted by atomic mass is 16.3.